The van der Waals surface area contributed by atoms with E-state index in [9.17, 15) is 4.57 Å². The van der Waals surface area contributed by atoms with Gasteiger partial charge in [0.05, 0.1) is 0 Å². The fraction of sp³-hybridized carbons (Fsp3) is 0.474. The highest BCUT2D eigenvalue weighted by Gasteiger charge is 2.56. The fourth-order valence-corrected chi connectivity index (χ4v) is 7.63. The summed E-state index contributed by atoms with van der Waals surface area (Å²) in [6.45, 7) is 0. The zero-order valence-corrected chi connectivity index (χ0v) is 15.1. The maximum absolute atomic E-state index is 15.7. The van der Waals surface area contributed by atoms with Crippen molar-refractivity contribution in [1.82, 2.24) is 9.34 Å². The minimum atomic E-state index is -3.27. The summed E-state index contributed by atoms with van der Waals surface area (Å²) in [7, 11) is 0.430. The molecule has 0 spiro atoms. The SMILES string of the molecule is CN1[C@@H]2CCCC[C@H]2N(C)P1(=O)C(F)c1cccc2ccccc12. The molecule has 1 aliphatic heterocycles. The summed E-state index contributed by atoms with van der Waals surface area (Å²) in [6.07, 6.45) is 4.31. The van der Waals surface area contributed by atoms with Gasteiger partial charge in [-0.15, -0.1) is 0 Å². The minimum absolute atomic E-state index is 0.211. The van der Waals surface area contributed by atoms with E-state index < -0.39 is 13.4 Å². The molecule has 1 aliphatic carbocycles. The van der Waals surface area contributed by atoms with Crippen LogP contribution in [-0.4, -0.2) is 35.5 Å². The molecule has 128 valence electrons. The van der Waals surface area contributed by atoms with E-state index in [2.05, 4.69) is 0 Å². The molecule has 0 amide bonds. The topological polar surface area (TPSA) is 23.6 Å². The number of hydrogen-bond donors (Lipinski definition) is 0. The summed E-state index contributed by atoms with van der Waals surface area (Å²) < 4.78 is 33.3. The highest BCUT2D eigenvalue weighted by molar-refractivity contribution is 7.59. The van der Waals surface area contributed by atoms with Crippen molar-refractivity contribution in [3.8, 4) is 0 Å². The Hall–Kier alpha value is -1.22. The molecule has 1 heterocycles. The normalized spacial score (nSPS) is 28.8. The first kappa shape index (κ1) is 16.3. The second-order valence-corrected chi connectivity index (χ2v) is 9.95. The zero-order valence-electron chi connectivity index (χ0n) is 14.2. The third-order valence-electron chi connectivity index (χ3n) is 5.93. The predicted octanol–water partition coefficient (Wildman–Crippen LogP) is 5.19. The number of benzene rings is 2. The highest BCUT2D eigenvalue weighted by Crippen LogP contribution is 2.70. The number of halogens is 1. The van der Waals surface area contributed by atoms with Gasteiger partial charge in [-0.1, -0.05) is 55.3 Å². The Morgan fingerprint density at radius 2 is 1.58 bits per heavy atom. The van der Waals surface area contributed by atoms with E-state index in [1.807, 2.05) is 59.8 Å². The molecular weight excluding hydrogens is 322 g/mol. The van der Waals surface area contributed by atoms with E-state index in [4.69, 9.17) is 0 Å². The van der Waals surface area contributed by atoms with E-state index in [0.717, 1.165) is 36.5 Å². The molecule has 2 aromatic rings. The average molecular weight is 346 g/mol. The molecule has 0 bridgehead atoms. The molecule has 1 unspecified atom stereocenters. The van der Waals surface area contributed by atoms with Gasteiger partial charge in [-0.3, -0.25) is 4.57 Å². The van der Waals surface area contributed by atoms with Crippen molar-refractivity contribution in [2.45, 2.75) is 43.7 Å². The lowest BCUT2D eigenvalue weighted by atomic mass is 9.91. The molecule has 2 fully saturated rings. The summed E-state index contributed by atoms with van der Waals surface area (Å²) in [5.74, 6) is -1.48. The van der Waals surface area contributed by atoms with Gasteiger partial charge in [0.15, 0.2) is 0 Å². The molecule has 2 aliphatic rings. The first-order valence-electron chi connectivity index (χ1n) is 8.73. The van der Waals surface area contributed by atoms with Crippen molar-refractivity contribution in [3.05, 3.63) is 48.0 Å². The lowest BCUT2D eigenvalue weighted by Crippen LogP contribution is -2.37. The number of nitrogens with zero attached hydrogens (tertiary/aromatic N) is 2. The lowest BCUT2D eigenvalue weighted by molar-refractivity contribution is 0.233. The van der Waals surface area contributed by atoms with E-state index >= 15 is 4.39 Å². The van der Waals surface area contributed by atoms with E-state index in [0.29, 0.717) is 5.56 Å². The first-order valence-corrected chi connectivity index (χ1v) is 10.4. The lowest BCUT2D eigenvalue weighted by Gasteiger charge is -2.30. The maximum atomic E-state index is 15.7. The summed E-state index contributed by atoms with van der Waals surface area (Å²) in [6, 6.07) is 13.8. The molecule has 0 aromatic heterocycles. The summed E-state index contributed by atoms with van der Waals surface area (Å²) in [5.41, 5.74) is 0.550. The van der Waals surface area contributed by atoms with Crippen LogP contribution in [-0.2, 0) is 4.57 Å². The second-order valence-electron chi connectivity index (χ2n) is 7.06. The van der Waals surface area contributed by atoms with Gasteiger partial charge in [-0.25, -0.2) is 13.7 Å². The summed E-state index contributed by atoms with van der Waals surface area (Å²) in [4.78, 5) is 0. The first-order chi connectivity index (χ1) is 11.5. The van der Waals surface area contributed by atoms with Crippen LogP contribution < -0.4 is 0 Å². The van der Waals surface area contributed by atoms with E-state index in [1.54, 1.807) is 6.07 Å². The molecule has 1 saturated heterocycles. The van der Waals surface area contributed by atoms with Crippen LogP contribution in [0.1, 0.15) is 37.2 Å². The molecule has 3 nitrogen and oxygen atoms in total. The Morgan fingerprint density at radius 1 is 1.00 bits per heavy atom. The molecule has 0 N–H and O–H groups in total. The van der Waals surface area contributed by atoms with Crippen LogP contribution in [0.3, 0.4) is 0 Å². The predicted molar refractivity (Wildman–Crippen MR) is 97.0 cm³/mol. The molecular formula is C19H24FN2OP. The third kappa shape index (κ3) is 2.20. The van der Waals surface area contributed by atoms with Crippen LogP contribution in [0, 0.1) is 0 Å². The smallest absolute Gasteiger partial charge is 0.254 e. The third-order valence-corrected chi connectivity index (χ3v) is 9.20. The van der Waals surface area contributed by atoms with Crippen LogP contribution in [0.5, 0.6) is 0 Å². The standard InChI is InChI=1S/C19H24FN2OP/c1-21-17-12-5-6-13-18(17)22(2)24(21,23)19(20)16-11-7-9-14-8-3-4-10-15(14)16/h3-4,7-11,17-19H,5-6,12-13H2,1-2H3/t17-,18-,19?/m1/s1. The largest absolute Gasteiger partial charge is 0.285 e. The molecule has 3 atom stereocenters. The Bertz CT molecular complexity index is 784. The minimum Gasteiger partial charge on any atom is -0.285 e. The van der Waals surface area contributed by atoms with Gasteiger partial charge < -0.3 is 0 Å². The van der Waals surface area contributed by atoms with Gasteiger partial charge in [0.2, 0.25) is 5.91 Å². The number of hydrogen-bond acceptors (Lipinski definition) is 1. The molecule has 1 saturated carbocycles. The van der Waals surface area contributed by atoms with Gasteiger partial charge in [-0.2, -0.15) is 0 Å². The molecule has 2 aromatic carbocycles. The van der Waals surface area contributed by atoms with Gasteiger partial charge in [0.1, 0.15) is 0 Å². The molecule has 4 rings (SSSR count). The van der Waals surface area contributed by atoms with E-state index in [1.165, 1.54) is 0 Å². The molecule has 0 radical (unpaired) electrons. The van der Waals surface area contributed by atoms with Crippen LogP contribution in [0.2, 0.25) is 0 Å². The quantitative estimate of drug-likeness (QED) is 0.699. The maximum Gasteiger partial charge on any atom is 0.254 e. The van der Waals surface area contributed by atoms with Gasteiger partial charge in [-0.05, 0) is 37.7 Å². The van der Waals surface area contributed by atoms with Crippen LogP contribution in [0.15, 0.2) is 42.5 Å². The van der Waals surface area contributed by atoms with Crippen molar-refractivity contribution >= 4 is 18.2 Å². The van der Waals surface area contributed by atoms with Crippen molar-refractivity contribution in [2.75, 3.05) is 14.1 Å². The Labute approximate surface area is 142 Å². The van der Waals surface area contributed by atoms with Crippen LogP contribution in [0.4, 0.5) is 4.39 Å². The number of fused-ring (bicyclic) bond motifs is 2. The van der Waals surface area contributed by atoms with Crippen molar-refractivity contribution < 1.29 is 8.96 Å². The average Bonchev–Trinajstić information content (AvgIpc) is 2.83. The van der Waals surface area contributed by atoms with Crippen LogP contribution >= 0.6 is 7.44 Å². The second kappa shape index (κ2) is 5.94. The summed E-state index contributed by atoms with van der Waals surface area (Å²) >= 11 is 0. The van der Waals surface area contributed by atoms with Crippen molar-refractivity contribution in [3.63, 3.8) is 0 Å². The Balaban J connectivity index is 1.80. The molecule has 24 heavy (non-hydrogen) atoms. The molecule has 5 heteroatoms. The highest BCUT2D eigenvalue weighted by atomic mass is 31.2. The van der Waals surface area contributed by atoms with Gasteiger partial charge in [0, 0.05) is 17.6 Å². The Morgan fingerprint density at radius 3 is 2.25 bits per heavy atom. The zero-order chi connectivity index (χ0) is 16.9. The Kier molecular flexibility index (Phi) is 4.03. The van der Waals surface area contributed by atoms with Gasteiger partial charge in [0.25, 0.3) is 7.44 Å². The number of likely N-dealkylation sites (N-methyl/N-ethyl adjacent to an activating group) is 2. The monoisotopic (exact) mass is 346 g/mol. The summed E-state index contributed by atoms with van der Waals surface area (Å²) in [5, 5.41) is 1.85. The number of alkyl halides is 1. The van der Waals surface area contributed by atoms with Crippen molar-refractivity contribution in [2.24, 2.45) is 0 Å². The van der Waals surface area contributed by atoms with Crippen LogP contribution in [0.25, 0.3) is 10.8 Å². The van der Waals surface area contributed by atoms with Gasteiger partial charge >= 0.3 is 0 Å². The number of rotatable bonds is 2. The fourth-order valence-electron chi connectivity index (χ4n) is 4.57. The van der Waals surface area contributed by atoms with Crippen molar-refractivity contribution in [1.29, 1.82) is 0 Å². The van der Waals surface area contributed by atoms with E-state index in [-0.39, 0.29) is 12.1 Å².